The van der Waals surface area contributed by atoms with E-state index < -0.39 is 191 Å². The second kappa shape index (κ2) is 39.4. The van der Waals surface area contributed by atoms with E-state index >= 15 is 24.0 Å². The number of carbonyl (C=O) groups excluding carboxylic acids is 13. The number of nitrogens with zero attached hydrogens (tertiary/aromatic N) is 4. The van der Waals surface area contributed by atoms with Crippen molar-refractivity contribution in [2.75, 3.05) is 52.2 Å². The number of nitrogens with two attached hydrogens (primary N) is 3. The molecule has 4 aliphatic heterocycles. The molecule has 100 heavy (non-hydrogen) atoms. The molecule has 18 N–H and O–H groups in total. The highest BCUT2D eigenvalue weighted by atomic mass is 33.1. The van der Waals surface area contributed by atoms with Crippen LogP contribution < -0.4 is 70.4 Å². The average molecular weight is 1450 g/mol. The van der Waals surface area contributed by atoms with Gasteiger partial charge in [0, 0.05) is 36.2 Å². The van der Waals surface area contributed by atoms with Gasteiger partial charge in [0.05, 0.1) is 19.8 Å². The first-order valence-corrected chi connectivity index (χ1v) is 37.8. The smallest absolute Gasteiger partial charge is 0.246 e. The van der Waals surface area contributed by atoms with E-state index in [9.17, 15) is 48.6 Å². The van der Waals surface area contributed by atoms with Crippen LogP contribution in [0, 0.1) is 29.6 Å². The first-order valence-electron chi connectivity index (χ1n) is 35.5. The summed E-state index contributed by atoms with van der Waals surface area (Å²) in [6, 6.07) is -17.0. The third-order valence-corrected chi connectivity index (χ3v) is 23.3. The van der Waals surface area contributed by atoms with Gasteiger partial charge < -0.3 is 95.3 Å². The Hall–Kier alpha value is -7.04. The number of aliphatic hydroxyl groups is 2. The highest BCUT2D eigenvalue weighted by Crippen LogP contribution is 2.42. The summed E-state index contributed by atoms with van der Waals surface area (Å²) < 4.78 is -1.48. The number of aliphatic hydroxyl groups excluding tert-OH is 2. The number of aliphatic imine (C=N–C) groups is 1. The van der Waals surface area contributed by atoms with Gasteiger partial charge in [-0.3, -0.25) is 67.3 Å². The predicted octanol–water partition coefficient (Wildman–Crippen LogP) is -2.41. The minimum atomic E-state index is -1.85. The van der Waals surface area contributed by atoms with Gasteiger partial charge in [0.25, 0.3) is 0 Å². The number of guanidine groups is 1. The normalized spacial score (nSPS) is 28.6. The zero-order valence-electron chi connectivity index (χ0n) is 60.0. The Balaban J connectivity index is 1.69. The van der Waals surface area contributed by atoms with E-state index in [1.54, 1.807) is 46.4 Å². The molecule has 1 aliphatic carbocycles. The molecule has 32 nitrogen and oxygen atoms in total. The number of hydrogen-bond acceptors (Lipinski definition) is 19. The topological polar surface area (TPSA) is 483 Å². The van der Waals surface area contributed by atoms with Crippen LogP contribution >= 0.6 is 21.6 Å². The number of hydrogen-bond donors (Lipinski definition) is 15. The molecular formula is C66H113N17O15S2. The van der Waals surface area contributed by atoms with Crippen molar-refractivity contribution in [1.82, 2.24) is 67.9 Å². The number of likely N-dealkylation sites (N-methyl/N-ethyl adjacent to an activating group) is 1. The summed E-state index contributed by atoms with van der Waals surface area (Å²) in [5, 5.41) is 48.6. The summed E-state index contributed by atoms with van der Waals surface area (Å²) in [5.74, 6) is -13.0. The van der Waals surface area contributed by atoms with Gasteiger partial charge in [0.15, 0.2) is 5.96 Å². The number of rotatable bonds is 23. The number of carbonyl (C=O) groups is 13. The van der Waals surface area contributed by atoms with Gasteiger partial charge in [0.1, 0.15) is 72.5 Å². The Bertz CT molecular complexity index is 2930. The molecule has 5 aliphatic rings. The molecule has 17 atom stereocenters. The van der Waals surface area contributed by atoms with Crippen molar-refractivity contribution >= 4 is 104 Å². The Morgan fingerprint density at radius 2 is 1.27 bits per heavy atom. The third-order valence-electron chi connectivity index (χ3n) is 20.0. The van der Waals surface area contributed by atoms with E-state index in [2.05, 4.69) is 58.2 Å². The lowest BCUT2D eigenvalue weighted by Crippen LogP contribution is -2.64. The molecule has 0 bridgehead atoms. The number of amides is 13. The monoisotopic (exact) mass is 1450 g/mol. The van der Waals surface area contributed by atoms with Gasteiger partial charge in [-0.05, 0) is 115 Å². The van der Waals surface area contributed by atoms with Crippen molar-refractivity contribution in [3.8, 4) is 0 Å². The van der Waals surface area contributed by atoms with Crippen molar-refractivity contribution < 1.29 is 72.5 Å². The molecule has 4 saturated heterocycles. The third kappa shape index (κ3) is 22.5. The van der Waals surface area contributed by atoms with E-state index in [0.29, 0.717) is 51.4 Å². The van der Waals surface area contributed by atoms with Gasteiger partial charge >= 0.3 is 0 Å². The molecule has 0 aromatic rings. The molecule has 5 fully saturated rings. The van der Waals surface area contributed by atoms with Crippen LogP contribution in [0.2, 0.25) is 0 Å². The van der Waals surface area contributed by atoms with Gasteiger partial charge in [0.2, 0.25) is 76.8 Å². The zero-order chi connectivity index (χ0) is 74.5. The molecule has 3 unspecified atom stereocenters. The van der Waals surface area contributed by atoms with Crippen molar-refractivity contribution in [3.05, 3.63) is 0 Å². The van der Waals surface area contributed by atoms with Gasteiger partial charge in [-0.25, -0.2) is 0 Å². The summed E-state index contributed by atoms with van der Waals surface area (Å²) in [4.78, 5) is 198. The SMILES string of the molecule is CCC(C)[C@H](NC(=O)CNC)C(=O)N[C@H]1CSSC(C)(C)[C@@H](C(=O)N[C@H](C(=O)N2CCC[C@H]2C(N)=O)C(C)CC)NC(=O)[C@H]([C@@H](C)CC)NC(=O)[C@H]2C[C@@H]3CCCC[C@@H]3N2C(=O)C2CCCN2C(=O)[C@H](CC(C)C)NC(=O)[C@H](CO)NC(=O)[C@H](CCCN=C(N)N)NC(=O)[C@H](CO)NC1=O. The summed E-state index contributed by atoms with van der Waals surface area (Å²) in [6.45, 7) is 15.4. The van der Waals surface area contributed by atoms with Gasteiger partial charge in [-0.15, -0.1) is 0 Å². The van der Waals surface area contributed by atoms with Gasteiger partial charge in [-0.2, -0.15) is 0 Å². The van der Waals surface area contributed by atoms with Crippen LogP contribution in [-0.4, -0.2) is 243 Å². The second-order valence-corrected chi connectivity index (χ2v) is 31.3. The Kier molecular flexibility index (Phi) is 32.9. The summed E-state index contributed by atoms with van der Waals surface area (Å²) in [6.07, 6.45) is 5.43. The summed E-state index contributed by atoms with van der Waals surface area (Å²) >= 11 is 0. The largest absolute Gasteiger partial charge is 0.394 e. The number of nitrogens with one attached hydrogen (secondary N) is 10. The van der Waals surface area contributed by atoms with Crippen LogP contribution in [0.3, 0.4) is 0 Å². The van der Waals surface area contributed by atoms with E-state index in [0.717, 1.165) is 34.4 Å². The first-order chi connectivity index (χ1) is 47.3. The van der Waals surface area contributed by atoms with Gasteiger partial charge in [-0.1, -0.05) is 109 Å². The molecule has 0 aromatic carbocycles. The fraction of sp³-hybridized carbons (Fsp3) is 0.788. The molecule has 0 aromatic heterocycles. The first kappa shape index (κ1) is 83.6. The Morgan fingerprint density at radius 1 is 0.670 bits per heavy atom. The lowest BCUT2D eigenvalue weighted by molar-refractivity contribution is -0.150. The molecule has 1 saturated carbocycles. The molecule has 0 radical (unpaired) electrons. The van der Waals surface area contributed by atoms with Crippen LogP contribution in [0.1, 0.15) is 166 Å². The zero-order valence-corrected chi connectivity index (χ0v) is 61.6. The Morgan fingerprint density at radius 3 is 1.87 bits per heavy atom. The maximum absolute atomic E-state index is 15.5. The van der Waals surface area contributed by atoms with Crippen molar-refractivity contribution in [2.24, 2.45) is 51.8 Å². The number of fused-ring (bicyclic) bond motifs is 4. The second-order valence-electron chi connectivity index (χ2n) is 28.3. The number of likely N-dealkylation sites (tertiary alicyclic amines) is 1. The molecule has 0 spiro atoms. The van der Waals surface area contributed by atoms with Crippen molar-refractivity contribution in [3.63, 3.8) is 0 Å². The molecule has 564 valence electrons. The summed E-state index contributed by atoms with van der Waals surface area (Å²) in [7, 11) is 3.44. The fourth-order valence-corrected chi connectivity index (χ4v) is 16.4. The fourth-order valence-electron chi connectivity index (χ4n) is 13.6. The lowest BCUT2D eigenvalue weighted by Gasteiger charge is -2.38. The maximum Gasteiger partial charge on any atom is 0.246 e. The number of primary amides is 1. The van der Waals surface area contributed by atoms with Crippen molar-refractivity contribution in [1.29, 1.82) is 0 Å². The van der Waals surface area contributed by atoms with Crippen LogP contribution in [0.25, 0.3) is 0 Å². The Labute approximate surface area is 594 Å². The van der Waals surface area contributed by atoms with Crippen molar-refractivity contribution in [2.45, 2.75) is 249 Å². The van der Waals surface area contributed by atoms with Crippen LogP contribution in [0.15, 0.2) is 4.99 Å². The van der Waals surface area contributed by atoms with Crippen LogP contribution in [0.5, 0.6) is 0 Å². The standard InChI is InChI=1S/C66H113N17O15S2/c1-12-35(6)49(77-48(86)30-70-11)59(93)76-43-33-99-100-66(9,10)52(61(95)79-51(37(8)14-3)64(98)81-26-18-23-45(81)53(67)87)80-60(94)50(36(7)13-2)78-58(92)47-29-38-20-15-16-22-44(38)83(47)63(97)46-24-19-27-82(46)62(96)40(28-34(4)5)73-56(90)42(32-85)74-54(88)39(21-17-25-71-65(68)69)72-55(89)41(31-84)75-57(43)91/h34-47,49-52,70,84-85H,12-33H2,1-11H3,(H2,67,87)(H,72,89)(H,73,90)(H,74,88)(H,75,91)(H,76,93)(H,77,86)(H,78,92)(H,79,95)(H,80,94)(H4,68,69,71)/t35?,36-,37?,38-,39-,40-,41-,42-,43-,44-,45-,46?,47+,49-,50-,51-,52+/m0/s1. The average Bonchev–Trinajstić information content (AvgIpc) is 1.60. The predicted molar refractivity (Wildman–Crippen MR) is 377 cm³/mol. The summed E-state index contributed by atoms with van der Waals surface area (Å²) in [5.41, 5.74) is 16.9. The maximum atomic E-state index is 15.5. The highest BCUT2D eigenvalue weighted by molar-refractivity contribution is 8.77. The van der Waals surface area contributed by atoms with E-state index in [1.165, 1.54) is 16.8 Å². The highest BCUT2D eigenvalue weighted by Gasteiger charge is 2.53. The quantitative estimate of drug-likeness (QED) is 0.0219. The minimum absolute atomic E-state index is 0.0338. The molecular weight excluding hydrogens is 1330 g/mol. The molecule has 5 rings (SSSR count). The van der Waals surface area contributed by atoms with Crippen LogP contribution in [-0.2, 0) is 62.3 Å². The van der Waals surface area contributed by atoms with E-state index in [4.69, 9.17) is 17.2 Å². The molecule has 4 heterocycles. The minimum Gasteiger partial charge on any atom is -0.394 e. The van der Waals surface area contributed by atoms with E-state index in [1.807, 2.05) is 27.7 Å². The molecule has 34 heteroatoms. The van der Waals surface area contributed by atoms with E-state index in [-0.39, 0.29) is 81.8 Å². The lowest BCUT2D eigenvalue weighted by atomic mass is 9.84. The molecule has 13 amide bonds. The van der Waals surface area contributed by atoms with Crippen LogP contribution in [0.4, 0.5) is 0 Å².